The summed E-state index contributed by atoms with van der Waals surface area (Å²) in [6.45, 7) is 0.306. The quantitative estimate of drug-likeness (QED) is 0.816. The lowest BCUT2D eigenvalue weighted by atomic mass is 9.96. The van der Waals surface area contributed by atoms with Crippen molar-refractivity contribution in [1.82, 2.24) is 0 Å². The van der Waals surface area contributed by atoms with Gasteiger partial charge in [0.25, 0.3) is 0 Å². The van der Waals surface area contributed by atoms with Gasteiger partial charge in [-0.2, -0.15) is 0 Å². The summed E-state index contributed by atoms with van der Waals surface area (Å²) in [4.78, 5) is 11.9. The van der Waals surface area contributed by atoms with Gasteiger partial charge in [-0.05, 0) is 31.9 Å². The van der Waals surface area contributed by atoms with Gasteiger partial charge < -0.3 is 15.2 Å². The number of methoxy groups -OCH3 is 1. The zero-order chi connectivity index (χ0) is 13.8. The Bertz CT molecular complexity index is 472. The summed E-state index contributed by atoms with van der Waals surface area (Å²) in [7, 11) is 1.56. The molecule has 1 aliphatic rings. The first-order valence-corrected chi connectivity index (χ1v) is 6.81. The van der Waals surface area contributed by atoms with Gasteiger partial charge in [0, 0.05) is 18.1 Å². The van der Waals surface area contributed by atoms with Crippen molar-refractivity contribution < 1.29 is 14.3 Å². The van der Waals surface area contributed by atoms with Crippen molar-refractivity contribution in [3.8, 4) is 11.5 Å². The highest BCUT2D eigenvalue weighted by molar-refractivity contribution is 6.34. The molecule has 1 aromatic rings. The Labute approximate surface area is 117 Å². The Kier molecular flexibility index (Phi) is 4.66. The van der Waals surface area contributed by atoms with Crippen molar-refractivity contribution in [3.63, 3.8) is 0 Å². The molecule has 0 bridgehead atoms. The summed E-state index contributed by atoms with van der Waals surface area (Å²) >= 11 is 6.10. The Morgan fingerprint density at radius 1 is 1.42 bits per heavy atom. The summed E-state index contributed by atoms with van der Waals surface area (Å²) in [5.41, 5.74) is 5.85. The number of hydrogen-bond acceptors (Lipinski definition) is 4. The van der Waals surface area contributed by atoms with E-state index in [4.69, 9.17) is 26.8 Å². The monoisotopic (exact) mass is 283 g/mol. The van der Waals surface area contributed by atoms with E-state index in [1.807, 2.05) is 0 Å². The highest BCUT2D eigenvalue weighted by atomic mass is 35.5. The first kappa shape index (κ1) is 14.2. The molecule has 0 unspecified atom stereocenters. The van der Waals surface area contributed by atoms with E-state index in [9.17, 15) is 4.79 Å². The van der Waals surface area contributed by atoms with Crippen LogP contribution in [0.4, 0.5) is 0 Å². The van der Waals surface area contributed by atoms with Gasteiger partial charge in [-0.1, -0.05) is 11.6 Å². The number of hydrogen-bond donors (Lipinski definition) is 1. The highest BCUT2D eigenvalue weighted by Crippen LogP contribution is 2.36. The summed E-state index contributed by atoms with van der Waals surface area (Å²) in [6.07, 6.45) is 3.75. The molecule has 1 aromatic carbocycles. The van der Waals surface area contributed by atoms with Crippen LogP contribution in [0, 0.1) is 0 Å². The van der Waals surface area contributed by atoms with E-state index in [1.165, 1.54) is 6.42 Å². The van der Waals surface area contributed by atoms with Crippen LogP contribution >= 0.6 is 11.6 Å². The van der Waals surface area contributed by atoms with Crippen LogP contribution in [0.5, 0.6) is 11.5 Å². The minimum atomic E-state index is -0.0754. The number of carbonyl (C=O) groups excluding carboxylic acids is 1. The van der Waals surface area contributed by atoms with Crippen LogP contribution in [0.15, 0.2) is 12.1 Å². The number of halogens is 1. The molecule has 104 valence electrons. The topological polar surface area (TPSA) is 61.5 Å². The molecular formula is C14H18ClNO3. The highest BCUT2D eigenvalue weighted by Gasteiger charge is 2.22. The van der Waals surface area contributed by atoms with E-state index in [0.717, 1.165) is 12.8 Å². The van der Waals surface area contributed by atoms with Gasteiger partial charge in [0.05, 0.1) is 18.2 Å². The molecule has 0 atom stereocenters. The second-order valence-electron chi connectivity index (χ2n) is 4.62. The zero-order valence-electron chi connectivity index (χ0n) is 10.9. The molecule has 0 amide bonds. The predicted molar refractivity (Wildman–Crippen MR) is 74.3 cm³/mol. The molecule has 0 aromatic heterocycles. The maximum Gasteiger partial charge on any atom is 0.165 e. The molecule has 1 fully saturated rings. The van der Waals surface area contributed by atoms with Crippen molar-refractivity contribution in [2.75, 3.05) is 13.7 Å². The average Bonchev–Trinajstić information content (AvgIpc) is 2.34. The lowest BCUT2D eigenvalue weighted by Crippen LogP contribution is -2.25. The second-order valence-corrected chi connectivity index (χ2v) is 5.02. The number of nitrogens with two attached hydrogens (primary N) is 1. The van der Waals surface area contributed by atoms with Crippen LogP contribution in [0.25, 0.3) is 0 Å². The third-order valence-electron chi connectivity index (χ3n) is 3.27. The third-order valence-corrected chi connectivity index (χ3v) is 3.58. The third kappa shape index (κ3) is 3.19. The Morgan fingerprint density at radius 2 is 2.16 bits per heavy atom. The molecule has 0 aliphatic heterocycles. The summed E-state index contributed by atoms with van der Waals surface area (Å²) in [5.74, 6) is 1.06. The summed E-state index contributed by atoms with van der Waals surface area (Å²) < 4.78 is 11.1. The summed E-state index contributed by atoms with van der Waals surface area (Å²) in [6, 6.07) is 3.29. The summed E-state index contributed by atoms with van der Waals surface area (Å²) in [5, 5.41) is 0.372. The lowest BCUT2D eigenvalue weighted by molar-refractivity contribution is 0.0981. The van der Waals surface area contributed by atoms with Gasteiger partial charge in [-0.15, -0.1) is 0 Å². The minimum Gasteiger partial charge on any atom is -0.493 e. The number of ether oxygens (including phenoxy) is 2. The lowest BCUT2D eigenvalue weighted by Gasteiger charge is -2.27. The van der Waals surface area contributed by atoms with Gasteiger partial charge in [0.15, 0.2) is 17.3 Å². The number of ketones is 1. The molecule has 2 rings (SSSR count). The van der Waals surface area contributed by atoms with Gasteiger partial charge in [0.1, 0.15) is 0 Å². The first-order chi connectivity index (χ1) is 9.15. The predicted octanol–water partition coefficient (Wildman–Crippen LogP) is 2.81. The fraction of sp³-hybridized carbons (Fsp3) is 0.500. The molecule has 19 heavy (non-hydrogen) atoms. The molecular weight excluding hydrogens is 266 g/mol. The molecule has 4 nitrogen and oxygen atoms in total. The number of rotatable bonds is 6. The molecule has 0 heterocycles. The molecule has 1 aliphatic carbocycles. The maximum absolute atomic E-state index is 11.9. The number of Topliss-reactive ketones (excluding diaryl/α,β-unsaturated/α-hetero) is 1. The normalized spacial score (nSPS) is 14.9. The van der Waals surface area contributed by atoms with E-state index >= 15 is 0 Å². The Hall–Kier alpha value is -1.26. The SMILES string of the molecule is COc1cc(Cl)c(C(=O)CCN)cc1OC1CCC1. The van der Waals surface area contributed by atoms with Crippen molar-refractivity contribution in [2.45, 2.75) is 31.8 Å². The van der Waals surface area contributed by atoms with Crippen LogP contribution in [0.3, 0.4) is 0 Å². The van der Waals surface area contributed by atoms with Crippen LogP contribution in [-0.2, 0) is 0 Å². The maximum atomic E-state index is 11.9. The molecule has 0 saturated heterocycles. The minimum absolute atomic E-state index is 0.0754. The number of benzene rings is 1. The number of carbonyl (C=O) groups is 1. The fourth-order valence-corrected chi connectivity index (χ4v) is 2.19. The fourth-order valence-electron chi connectivity index (χ4n) is 1.93. The smallest absolute Gasteiger partial charge is 0.165 e. The molecule has 2 N–H and O–H groups in total. The van der Waals surface area contributed by atoms with Crippen molar-refractivity contribution in [3.05, 3.63) is 22.7 Å². The van der Waals surface area contributed by atoms with E-state index in [-0.39, 0.29) is 18.3 Å². The second kappa shape index (κ2) is 6.26. The van der Waals surface area contributed by atoms with Gasteiger partial charge in [0.2, 0.25) is 0 Å². The van der Waals surface area contributed by atoms with Crippen LogP contribution < -0.4 is 15.2 Å². The van der Waals surface area contributed by atoms with Crippen molar-refractivity contribution in [1.29, 1.82) is 0 Å². The molecule has 0 radical (unpaired) electrons. The van der Waals surface area contributed by atoms with Crippen LogP contribution in [-0.4, -0.2) is 25.5 Å². The Balaban J connectivity index is 2.28. The van der Waals surface area contributed by atoms with Crippen molar-refractivity contribution >= 4 is 17.4 Å². The van der Waals surface area contributed by atoms with Gasteiger partial charge >= 0.3 is 0 Å². The van der Waals surface area contributed by atoms with E-state index < -0.39 is 0 Å². The standard InChI is InChI=1S/C14H18ClNO3/c1-18-13-8-11(15)10(12(17)5-6-16)7-14(13)19-9-3-2-4-9/h7-9H,2-6,16H2,1H3. The van der Waals surface area contributed by atoms with Gasteiger partial charge in [-0.3, -0.25) is 4.79 Å². The zero-order valence-corrected chi connectivity index (χ0v) is 11.7. The van der Waals surface area contributed by atoms with Crippen molar-refractivity contribution in [2.24, 2.45) is 5.73 Å². The molecule has 1 saturated carbocycles. The van der Waals surface area contributed by atoms with Gasteiger partial charge in [-0.25, -0.2) is 0 Å². The largest absolute Gasteiger partial charge is 0.493 e. The molecule has 5 heteroatoms. The van der Waals surface area contributed by atoms with Crippen LogP contribution in [0.2, 0.25) is 5.02 Å². The average molecular weight is 284 g/mol. The van der Waals surface area contributed by atoms with E-state index in [2.05, 4.69) is 0 Å². The van der Waals surface area contributed by atoms with E-state index in [1.54, 1.807) is 19.2 Å². The first-order valence-electron chi connectivity index (χ1n) is 6.43. The van der Waals surface area contributed by atoms with Crippen LogP contribution in [0.1, 0.15) is 36.0 Å². The molecule has 0 spiro atoms. The Morgan fingerprint density at radius 3 is 2.68 bits per heavy atom. The van der Waals surface area contributed by atoms with E-state index in [0.29, 0.717) is 28.6 Å².